The molecule has 2 rings (SSSR count). The van der Waals surface area contributed by atoms with E-state index in [1.54, 1.807) is 0 Å². The van der Waals surface area contributed by atoms with E-state index in [1.165, 1.54) is 25.7 Å². The third-order valence-electron chi connectivity index (χ3n) is 3.80. The van der Waals surface area contributed by atoms with Crippen molar-refractivity contribution in [2.45, 2.75) is 58.5 Å². The molecule has 2 heterocycles. The Morgan fingerprint density at radius 1 is 1.25 bits per heavy atom. The molecule has 0 aromatic heterocycles. The third kappa shape index (κ3) is 2.76. The first-order valence-corrected chi connectivity index (χ1v) is 6.49. The molecule has 0 spiro atoms. The normalized spacial score (nSPS) is 33.8. The van der Waals surface area contributed by atoms with Gasteiger partial charge in [-0.2, -0.15) is 0 Å². The van der Waals surface area contributed by atoms with Crippen molar-refractivity contribution in [3.05, 3.63) is 0 Å². The maximum atomic E-state index is 11.8. The first kappa shape index (κ1) is 11.9. The first-order valence-electron chi connectivity index (χ1n) is 6.49. The van der Waals surface area contributed by atoms with Crippen LogP contribution in [0.4, 0.5) is 0 Å². The Kier molecular flexibility index (Phi) is 3.24. The van der Waals surface area contributed by atoms with Gasteiger partial charge in [0.15, 0.2) is 0 Å². The average molecular weight is 224 g/mol. The Balaban J connectivity index is 1.77. The zero-order valence-corrected chi connectivity index (χ0v) is 10.7. The number of hydrogen-bond donors (Lipinski definition) is 2. The van der Waals surface area contributed by atoms with Crippen LogP contribution < -0.4 is 10.6 Å². The number of nitrogens with one attached hydrogen (secondary N) is 2. The van der Waals surface area contributed by atoms with Crippen molar-refractivity contribution in [3.63, 3.8) is 0 Å². The molecule has 2 aliphatic heterocycles. The van der Waals surface area contributed by atoms with Crippen molar-refractivity contribution in [3.8, 4) is 0 Å². The van der Waals surface area contributed by atoms with E-state index >= 15 is 0 Å². The minimum Gasteiger partial charge on any atom is -0.355 e. The second kappa shape index (κ2) is 4.36. The lowest BCUT2D eigenvalue weighted by Gasteiger charge is -2.30. The topological polar surface area (TPSA) is 41.1 Å². The number of hydrogen-bond acceptors (Lipinski definition) is 2. The first-order chi connectivity index (χ1) is 7.45. The molecule has 3 heteroatoms. The molecule has 1 unspecified atom stereocenters. The Bertz CT molecular complexity index is 258. The van der Waals surface area contributed by atoms with Gasteiger partial charge in [0.1, 0.15) is 0 Å². The summed E-state index contributed by atoms with van der Waals surface area (Å²) in [5.74, 6) is 0.864. The number of fused-ring (bicyclic) bond motifs is 2. The molecule has 92 valence electrons. The fourth-order valence-electron chi connectivity index (χ4n) is 2.84. The molecule has 0 radical (unpaired) electrons. The average Bonchev–Trinajstić information content (AvgIpc) is 2.53. The Morgan fingerprint density at radius 2 is 1.81 bits per heavy atom. The smallest absolute Gasteiger partial charge is 0.225 e. The summed E-state index contributed by atoms with van der Waals surface area (Å²) in [5, 5.41) is 6.72. The number of carbonyl (C=O) groups is 1. The molecule has 1 amide bonds. The van der Waals surface area contributed by atoms with Crippen LogP contribution in [0.25, 0.3) is 0 Å². The van der Waals surface area contributed by atoms with Crippen LogP contribution in [-0.2, 0) is 4.79 Å². The lowest BCUT2D eigenvalue weighted by molar-refractivity contribution is -0.128. The molecule has 2 fully saturated rings. The van der Waals surface area contributed by atoms with Gasteiger partial charge in [-0.25, -0.2) is 0 Å². The van der Waals surface area contributed by atoms with E-state index in [2.05, 4.69) is 10.6 Å². The van der Waals surface area contributed by atoms with Crippen LogP contribution in [0.2, 0.25) is 0 Å². The summed E-state index contributed by atoms with van der Waals surface area (Å²) in [4.78, 5) is 11.8. The number of amides is 1. The number of rotatable bonds is 2. The zero-order valence-electron chi connectivity index (χ0n) is 10.7. The minimum atomic E-state index is -0.258. The molecule has 16 heavy (non-hydrogen) atoms. The van der Waals surface area contributed by atoms with E-state index in [9.17, 15) is 4.79 Å². The van der Waals surface area contributed by atoms with Crippen molar-refractivity contribution in [2.75, 3.05) is 6.54 Å². The highest BCUT2D eigenvalue weighted by Gasteiger charge is 2.33. The van der Waals surface area contributed by atoms with Crippen LogP contribution in [0.15, 0.2) is 0 Å². The molecule has 0 aromatic rings. The fourth-order valence-corrected chi connectivity index (χ4v) is 2.84. The van der Waals surface area contributed by atoms with Crippen molar-refractivity contribution in [1.29, 1.82) is 0 Å². The predicted octanol–water partition coefficient (Wildman–Crippen LogP) is 1.68. The van der Waals surface area contributed by atoms with Gasteiger partial charge in [-0.15, -0.1) is 0 Å². The quantitative estimate of drug-likeness (QED) is 0.749. The van der Waals surface area contributed by atoms with Crippen LogP contribution in [-0.4, -0.2) is 24.5 Å². The number of carbonyl (C=O) groups excluding carboxylic acids is 1. The molecule has 3 nitrogen and oxygen atoms in total. The van der Waals surface area contributed by atoms with Crippen LogP contribution >= 0.6 is 0 Å². The van der Waals surface area contributed by atoms with Crippen molar-refractivity contribution in [2.24, 2.45) is 11.3 Å². The summed E-state index contributed by atoms with van der Waals surface area (Å²) in [6, 6.07) is 1.44. The van der Waals surface area contributed by atoms with Gasteiger partial charge in [-0.3, -0.25) is 4.79 Å². The molecule has 2 bridgehead atoms. The monoisotopic (exact) mass is 224 g/mol. The van der Waals surface area contributed by atoms with Crippen molar-refractivity contribution >= 4 is 5.91 Å². The second-order valence-corrected chi connectivity index (χ2v) is 6.44. The largest absolute Gasteiger partial charge is 0.355 e. The summed E-state index contributed by atoms with van der Waals surface area (Å²) < 4.78 is 0. The van der Waals surface area contributed by atoms with Gasteiger partial charge in [-0.1, -0.05) is 20.8 Å². The fraction of sp³-hybridized carbons (Fsp3) is 0.923. The van der Waals surface area contributed by atoms with Crippen LogP contribution in [0.1, 0.15) is 46.5 Å². The standard InChI is InChI=1S/C13H24N2O/c1-13(2,3)12(16)14-8-9-6-10-4-5-11(7-9)15-10/h9-11,15H,4-8H2,1-3H3,(H,14,16)/t9?,10-,11+. The lowest BCUT2D eigenvalue weighted by atomic mass is 9.91. The van der Waals surface area contributed by atoms with E-state index in [0.717, 1.165) is 18.6 Å². The van der Waals surface area contributed by atoms with E-state index < -0.39 is 0 Å². The van der Waals surface area contributed by atoms with Gasteiger partial charge in [0.2, 0.25) is 5.91 Å². The Morgan fingerprint density at radius 3 is 2.31 bits per heavy atom. The third-order valence-corrected chi connectivity index (χ3v) is 3.80. The van der Waals surface area contributed by atoms with Gasteiger partial charge in [0, 0.05) is 24.0 Å². The maximum absolute atomic E-state index is 11.8. The van der Waals surface area contributed by atoms with E-state index in [-0.39, 0.29) is 11.3 Å². The van der Waals surface area contributed by atoms with Gasteiger partial charge in [0.05, 0.1) is 0 Å². The summed E-state index contributed by atoms with van der Waals surface area (Å²) in [6.45, 7) is 6.77. The SMILES string of the molecule is CC(C)(C)C(=O)NCC1C[C@H]2CC[C@@H](C1)N2. The van der Waals surface area contributed by atoms with Gasteiger partial charge in [0.25, 0.3) is 0 Å². The molecule has 0 saturated carbocycles. The summed E-state index contributed by atoms with van der Waals surface area (Å²) in [6.07, 6.45) is 5.13. The highest BCUT2D eigenvalue weighted by atomic mass is 16.2. The van der Waals surface area contributed by atoms with E-state index in [4.69, 9.17) is 0 Å². The molecular weight excluding hydrogens is 200 g/mol. The second-order valence-electron chi connectivity index (χ2n) is 6.44. The summed E-state index contributed by atoms with van der Waals surface area (Å²) >= 11 is 0. The molecule has 2 aliphatic rings. The van der Waals surface area contributed by atoms with Crippen LogP contribution in [0.5, 0.6) is 0 Å². The van der Waals surface area contributed by atoms with Crippen LogP contribution in [0, 0.1) is 11.3 Å². The lowest BCUT2D eigenvalue weighted by Crippen LogP contribution is -2.44. The van der Waals surface area contributed by atoms with Gasteiger partial charge in [-0.05, 0) is 31.6 Å². The number of piperidine rings is 1. The summed E-state index contributed by atoms with van der Waals surface area (Å²) in [5.41, 5.74) is -0.258. The molecule has 0 aliphatic carbocycles. The zero-order chi connectivity index (χ0) is 11.8. The van der Waals surface area contributed by atoms with Crippen LogP contribution in [0.3, 0.4) is 0 Å². The van der Waals surface area contributed by atoms with E-state index in [0.29, 0.717) is 5.92 Å². The molecular formula is C13H24N2O. The Labute approximate surface area is 98.4 Å². The van der Waals surface area contributed by atoms with Crippen molar-refractivity contribution in [1.82, 2.24) is 10.6 Å². The molecule has 3 atom stereocenters. The highest BCUT2D eigenvalue weighted by Crippen LogP contribution is 2.30. The molecule has 2 saturated heterocycles. The van der Waals surface area contributed by atoms with Crippen molar-refractivity contribution < 1.29 is 4.79 Å². The maximum Gasteiger partial charge on any atom is 0.225 e. The van der Waals surface area contributed by atoms with Gasteiger partial charge < -0.3 is 10.6 Å². The minimum absolute atomic E-state index is 0.179. The summed E-state index contributed by atoms with van der Waals surface area (Å²) in [7, 11) is 0. The predicted molar refractivity (Wildman–Crippen MR) is 65.1 cm³/mol. The van der Waals surface area contributed by atoms with E-state index in [1.807, 2.05) is 20.8 Å². The van der Waals surface area contributed by atoms with Gasteiger partial charge >= 0.3 is 0 Å². The molecule has 0 aromatic carbocycles. The Hall–Kier alpha value is -0.570. The highest BCUT2D eigenvalue weighted by molar-refractivity contribution is 5.81. The molecule has 2 N–H and O–H groups in total.